The Hall–Kier alpha value is -1.63. The minimum atomic E-state index is 0.602. The van der Waals surface area contributed by atoms with Crippen LogP contribution in [-0.4, -0.2) is 54.8 Å². The summed E-state index contributed by atoms with van der Waals surface area (Å²) in [6.45, 7) is 6.17. The fourth-order valence-electron chi connectivity index (χ4n) is 2.00. The van der Waals surface area contributed by atoms with E-state index in [0.29, 0.717) is 25.0 Å². The summed E-state index contributed by atoms with van der Waals surface area (Å²) < 4.78 is 5.01. The van der Waals surface area contributed by atoms with Gasteiger partial charge in [0.15, 0.2) is 0 Å². The zero-order valence-electron chi connectivity index (χ0n) is 11.6. The first kappa shape index (κ1) is 13.8. The summed E-state index contributed by atoms with van der Waals surface area (Å²) in [6.07, 6.45) is 2.41. The third-order valence-corrected chi connectivity index (χ3v) is 2.94. The molecule has 19 heavy (non-hydrogen) atoms. The highest BCUT2D eigenvalue weighted by molar-refractivity contribution is 5.44. The van der Waals surface area contributed by atoms with Gasteiger partial charge >= 0.3 is 0 Å². The van der Waals surface area contributed by atoms with E-state index in [1.54, 1.807) is 7.11 Å². The Morgan fingerprint density at radius 3 is 2.42 bits per heavy atom. The maximum atomic E-state index is 5.01. The second-order valence-corrected chi connectivity index (χ2v) is 4.43. The van der Waals surface area contributed by atoms with Crippen LogP contribution in [0.3, 0.4) is 0 Å². The Kier molecular flexibility index (Phi) is 5.14. The molecule has 7 nitrogen and oxygen atoms in total. The molecule has 7 heteroatoms. The molecule has 0 unspecified atom stereocenters. The molecule has 2 rings (SSSR count). The molecule has 1 aromatic rings. The molecule has 0 bridgehead atoms. The summed E-state index contributed by atoms with van der Waals surface area (Å²) in [5.74, 6) is 1.98. The van der Waals surface area contributed by atoms with E-state index in [1.165, 1.54) is 12.8 Å². The van der Waals surface area contributed by atoms with Crippen molar-refractivity contribution >= 4 is 17.8 Å². The van der Waals surface area contributed by atoms with Crippen LogP contribution in [0.2, 0.25) is 0 Å². The van der Waals surface area contributed by atoms with Gasteiger partial charge in [-0.2, -0.15) is 15.0 Å². The first-order chi connectivity index (χ1) is 9.33. The fourth-order valence-corrected chi connectivity index (χ4v) is 2.00. The van der Waals surface area contributed by atoms with Crippen LogP contribution in [0.25, 0.3) is 0 Å². The van der Waals surface area contributed by atoms with Crippen LogP contribution in [-0.2, 0) is 4.74 Å². The maximum Gasteiger partial charge on any atom is 0.231 e. The van der Waals surface area contributed by atoms with Crippen LogP contribution in [0.15, 0.2) is 0 Å². The van der Waals surface area contributed by atoms with Crippen molar-refractivity contribution in [2.24, 2.45) is 0 Å². The van der Waals surface area contributed by atoms with E-state index in [1.807, 2.05) is 6.92 Å². The molecule has 1 saturated heterocycles. The minimum absolute atomic E-state index is 0.602. The van der Waals surface area contributed by atoms with E-state index >= 15 is 0 Å². The average Bonchev–Trinajstić information content (AvgIpc) is 2.93. The largest absolute Gasteiger partial charge is 0.383 e. The number of hydrogen-bond acceptors (Lipinski definition) is 7. The molecular weight excluding hydrogens is 244 g/mol. The van der Waals surface area contributed by atoms with Gasteiger partial charge < -0.3 is 20.3 Å². The number of ether oxygens (including phenoxy) is 1. The highest BCUT2D eigenvalue weighted by atomic mass is 16.5. The van der Waals surface area contributed by atoms with Crippen LogP contribution < -0.4 is 15.5 Å². The van der Waals surface area contributed by atoms with Gasteiger partial charge in [0.05, 0.1) is 6.61 Å². The Labute approximate surface area is 113 Å². The topological polar surface area (TPSA) is 75.2 Å². The molecule has 0 aliphatic carbocycles. The third-order valence-electron chi connectivity index (χ3n) is 2.94. The lowest BCUT2D eigenvalue weighted by atomic mass is 10.4. The second-order valence-electron chi connectivity index (χ2n) is 4.43. The van der Waals surface area contributed by atoms with Gasteiger partial charge in [-0.15, -0.1) is 0 Å². The van der Waals surface area contributed by atoms with E-state index in [0.717, 1.165) is 25.6 Å². The molecule has 0 atom stereocenters. The van der Waals surface area contributed by atoms with Crippen molar-refractivity contribution in [3.8, 4) is 0 Å². The second kappa shape index (κ2) is 7.08. The molecule has 0 aromatic carbocycles. The number of hydrogen-bond donors (Lipinski definition) is 2. The molecule has 0 spiro atoms. The lowest BCUT2D eigenvalue weighted by Crippen LogP contribution is -2.23. The van der Waals surface area contributed by atoms with Crippen LogP contribution >= 0.6 is 0 Å². The van der Waals surface area contributed by atoms with Crippen LogP contribution in [0.1, 0.15) is 19.8 Å². The minimum Gasteiger partial charge on any atom is -0.383 e. The number of nitrogens with zero attached hydrogens (tertiary/aromatic N) is 4. The summed E-state index contributed by atoms with van der Waals surface area (Å²) in [5, 5.41) is 6.30. The molecule has 1 fully saturated rings. The molecule has 2 N–H and O–H groups in total. The Morgan fingerprint density at radius 1 is 1.11 bits per heavy atom. The van der Waals surface area contributed by atoms with E-state index in [-0.39, 0.29) is 0 Å². The molecular formula is C12H22N6O. The summed E-state index contributed by atoms with van der Waals surface area (Å²) in [6, 6.07) is 0. The average molecular weight is 266 g/mol. The highest BCUT2D eigenvalue weighted by Crippen LogP contribution is 2.18. The smallest absolute Gasteiger partial charge is 0.231 e. The molecule has 0 radical (unpaired) electrons. The molecule has 1 aromatic heterocycles. The Bertz CT molecular complexity index is 394. The van der Waals surface area contributed by atoms with Gasteiger partial charge in [-0.05, 0) is 19.8 Å². The van der Waals surface area contributed by atoms with E-state index in [4.69, 9.17) is 4.74 Å². The molecule has 1 aliphatic heterocycles. The molecule has 106 valence electrons. The molecule has 1 aliphatic rings. The zero-order valence-corrected chi connectivity index (χ0v) is 11.6. The van der Waals surface area contributed by atoms with Crippen molar-refractivity contribution in [1.82, 2.24) is 15.0 Å². The van der Waals surface area contributed by atoms with Gasteiger partial charge in [-0.1, -0.05) is 0 Å². The van der Waals surface area contributed by atoms with Crippen molar-refractivity contribution in [3.63, 3.8) is 0 Å². The van der Waals surface area contributed by atoms with Crippen molar-refractivity contribution in [1.29, 1.82) is 0 Å². The lowest BCUT2D eigenvalue weighted by molar-refractivity contribution is 0.210. The summed E-state index contributed by atoms with van der Waals surface area (Å²) in [7, 11) is 1.68. The van der Waals surface area contributed by atoms with E-state index in [2.05, 4.69) is 30.5 Å². The van der Waals surface area contributed by atoms with Crippen LogP contribution in [0.5, 0.6) is 0 Å². The first-order valence-electron chi connectivity index (χ1n) is 6.81. The Balaban J connectivity index is 2.11. The maximum absolute atomic E-state index is 5.01. The van der Waals surface area contributed by atoms with Crippen molar-refractivity contribution in [2.45, 2.75) is 19.8 Å². The quantitative estimate of drug-likeness (QED) is 0.712. The molecule has 2 heterocycles. The van der Waals surface area contributed by atoms with Gasteiger partial charge in [0.1, 0.15) is 0 Å². The normalized spacial score (nSPS) is 14.7. The zero-order chi connectivity index (χ0) is 13.5. The van der Waals surface area contributed by atoms with Crippen molar-refractivity contribution < 1.29 is 4.74 Å². The van der Waals surface area contributed by atoms with E-state index in [9.17, 15) is 0 Å². The van der Waals surface area contributed by atoms with Gasteiger partial charge in [0, 0.05) is 33.3 Å². The van der Waals surface area contributed by atoms with Crippen molar-refractivity contribution in [3.05, 3.63) is 0 Å². The van der Waals surface area contributed by atoms with Gasteiger partial charge in [-0.3, -0.25) is 0 Å². The lowest BCUT2D eigenvalue weighted by Gasteiger charge is -2.17. The van der Waals surface area contributed by atoms with Gasteiger partial charge in [0.2, 0.25) is 17.8 Å². The first-order valence-corrected chi connectivity index (χ1v) is 6.81. The van der Waals surface area contributed by atoms with Gasteiger partial charge in [-0.25, -0.2) is 0 Å². The standard InChI is InChI=1S/C12H22N6O/c1-3-13-10-15-11(14-6-9-19-2)17-12(16-10)18-7-4-5-8-18/h3-9H2,1-2H3,(H2,13,14,15,16,17). The number of methoxy groups -OCH3 is 1. The van der Waals surface area contributed by atoms with Crippen LogP contribution in [0, 0.1) is 0 Å². The predicted octanol–water partition coefficient (Wildman–Crippen LogP) is 0.962. The van der Waals surface area contributed by atoms with Gasteiger partial charge in [0.25, 0.3) is 0 Å². The molecule has 0 saturated carbocycles. The monoisotopic (exact) mass is 266 g/mol. The summed E-state index contributed by atoms with van der Waals surface area (Å²) in [5.41, 5.74) is 0. The number of aromatic nitrogens is 3. The summed E-state index contributed by atoms with van der Waals surface area (Å²) >= 11 is 0. The number of rotatable bonds is 7. The third kappa shape index (κ3) is 3.92. The summed E-state index contributed by atoms with van der Waals surface area (Å²) in [4.78, 5) is 15.5. The SMILES string of the molecule is CCNc1nc(NCCOC)nc(N2CCCC2)n1. The Morgan fingerprint density at radius 2 is 1.79 bits per heavy atom. The highest BCUT2D eigenvalue weighted by Gasteiger charge is 2.17. The molecule has 0 amide bonds. The fraction of sp³-hybridized carbons (Fsp3) is 0.750. The number of anilines is 3. The predicted molar refractivity (Wildman–Crippen MR) is 75.8 cm³/mol. The van der Waals surface area contributed by atoms with Crippen molar-refractivity contribution in [2.75, 3.05) is 55.4 Å². The number of nitrogens with one attached hydrogen (secondary N) is 2. The van der Waals surface area contributed by atoms with Crippen LogP contribution in [0.4, 0.5) is 17.8 Å². The van der Waals surface area contributed by atoms with E-state index < -0.39 is 0 Å².